The van der Waals surface area contributed by atoms with Crippen LogP contribution in [0.1, 0.15) is 41.3 Å². The molecule has 0 saturated heterocycles. The van der Waals surface area contributed by atoms with Crippen molar-refractivity contribution in [2.75, 3.05) is 13.2 Å². The fraction of sp³-hybridized carbons (Fsp3) is 0.240. The molecule has 3 aromatic carbocycles. The molecule has 3 rings (SSSR count). The van der Waals surface area contributed by atoms with Gasteiger partial charge in [0.05, 0.1) is 5.56 Å². The number of esters is 1. The molecule has 0 saturated carbocycles. The molecule has 0 N–H and O–H groups in total. The standard InChI is InChI=1S/C25H26O4/c1-18(2)23-14-9-19(3)17-24(23)29-25(26)20-10-12-22(13-11-20)28-16-15-27-21-7-5-4-6-8-21/h4-14,17-18H,15-16H2,1-3H3. The Kier molecular flexibility index (Phi) is 6.90. The van der Waals surface area contributed by atoms with Crippen LogP contribution in [0.25, 0.3) is 0 Å². The third-order valence-electron chi connectivity index (χ3n) is 4.45. The average molecular weight is 390 g/mol. The first-order valence-electron chi connectivity index (χ1n) is 9.76. The first-order chi connectivity index (χ1) is 14.0. The number of ether oxygens (including phenoxy) is 3. The zero-order chi connectivity index (χ0) is 20.6. The Hall–Kier alpha value is -3.27. The summed E-state index contributed by atoms with van der Waals surface area (Å²) < 4.78 is 16.9. The molecule has 0 heterocycles. The Balaban J connectivity index is 1.54. The molecule has 150 valence electrons. The van der Waals surface area contributed by atoms with Gasteiger partial charge in [-0.3, -0.25) is 0 Å². The van der Waals surface area contributed by atoms with Crippen molar-refractivity contribution in [3.63, 3.8) is 0 Å². The summed E-state index contributed by atoms with van der Waals surface area (Å²) in [6.45, 7) is 7.00. The molecule has 4 nitrogen and oxygen atoms in total. The molecular formula is C25H26O4. The second-order valence-electron chi connectivity index (χ2n) is 7.12. The molecule has 0 aliphatic carbocycles. The molecule has 0 aromatic heterocycles. The Labute approximate surface area is 172 Å². The van der Waals surface area contributed by atoms with Gasteiger partial charge >= 0.3 is 5.97 Å². The highest BCUT2D eigenvalue weighted by atomic mass is 16.5. The van der Waals surface area contributed by atoms with Crippen molar-refractivity contribution >= 4 is 5.97 Å². The molecule has 0 unspecified atom stereocenters. The van der Waals surface area contributed by atoms with E-state index >= 15 is 0 Å². The highest BCUT2D eigenvalue weighted by molar-refractivity contribution is 5.91. The monoisotopic (exact) mass is 390 g/mol. The van der Waals surface area contributed by atoms with E-state index in [1.165, 1.54) is 0 Å². The lowest BCUT2D eigenvalue weighted by Crippen LogP contribution is -2.11. The van der Waals surface area contributed by atoms with Crippen LogP contribution in [0.4, 0.5) is 0 Å². The normalized spacial score (nSPS) is 10.6. The zero-order valence-corrected chi connectivity index (χ0v) is 17.1. The van der Waals surface area contributed by atoms with Gasteiger partial charge in [-0.25, -0.2) is 4.79 Å². The Morgan fingerprint density at radius 2 is 1.45 bits per heavy atom. The maximum Gasteiger partial charge on any atom is 0.343 e. The summed E-state index contributed by atoms with van der Waals surface area (Å²) in [5, 5.41) is 0. The van der Waals surface area contributed by atoms with Crippen molar-refractivity contribution in [2.45, 2.75) is 26.7 Å². The minimum absolute atomic E-state index is 0.271. The average Bonchev–Trinajstić information content (AvgIpc) is 2.72. The summed E-state index contributed by atoms with van der Waals surface area (Å²) in [6, 6.07) is 22.5. The van der Waals surface area contributed by atoms with Crippen molar-refractivity contribution in [3.05, 3.63) is 89.5 Å². The van der Waals surface area contributed by atoms with E-state index in [9.17, 15) is 4.79 Å². The lowest BCUT2D eigenvalue weighted by molar-refractivity contribution is 0.0732. The van der Waals surface area contributed by atoms with Crippen LogP contribution in [0, 0.1) is 6.92 Å². The zero-order valence-electron chi connectivity index (χ0n) is 17.1. The first kappa shape index (κ1) is 20.5. The molecule has 3 aromatic rings. The number of benzene rings is 3. The summed E-state index contributed by atoms with van der Waals surface area (Å²) in [5.41, 5.74) is 2.55. The number of para-hydroxylation sites is 1. The number of carbonyl (C=O) groups excluding carboxylic acids is 1. The van der Waals surface area contributed by atoms with E-state index in [0.29, 0.717) is 30.3 Å². The molecule has 0 aliphatic rings. The van der Waals surface area contributed by atoms with Crippen LogP contribution >= 0.6 is 0 Å². The van der Waals surface area contributed by atoms with Crippen molar-refractivity contribution in [1.29, 1.82) is 0 Å². The summed E-state index contributed by atoms with van der Waals surface area (Å²) in [4.78, 5) is 12.5. The summed E-state index contributed by atoms with van der Waals surface area (Å²) in [5.74, 6) is 2.00. The van der Waals surface area contributed by atoms with Crippen LogP contribution in [0.5, 0.6) is 17.2 Å². The van der Waals surface area contributed by atoms with Crippen molar-refractivity contribution in [1.82, 2.24) is 0 Å². The molecular weight excluding hydrogens is 364 g/mol. The predicted octanol–water partition coefficient (Wildman–Crippen LogP) is 5.80. The minimum Gasteiger partial charge on any atom is -0.490 e. The molecule has 0 amide bonds. The van der Waals surface area contributed by atoms with Crippen molar-refractivity contribution in [3.8, 4) is 17.2 Å². The number of aryl methyl sites for hydroxylation is 1. The van der Waals surface area contributed by atoms with E-state index in [4.69, 9.17) is 14.2 Å². The Morgan fingerprint density at radius 1 is 0.828 bits per heavy atom. The van der Waals surface area contributed by atoms with Crippen LogP contribution in [-0.4, -0.2) is 19.2 Å². The van der Waals surface area contributed by atoms with Gasteiger partial charge in [0, 0.05) is 0 Å². The third kappa shape index (κ3) is 5.85. The smallest absolute Gasteiger partial charge is 0.343 e. The largest absolute Gasteiger partial charge is 0.490 e. The van der Waals surface area contributed by atoms with Crippen LogP contribution in [0.2, 0.25) is 0 Å². The van der Waals surface area contributed by atoms with E-state index in [2.05, 4.69) is 13.8 Å². The van der Waals surface area contributed by atoms with Gasteiger partial charge in [0.15, 0.2) is 0 Å². The summed E-state index contributed by atoms with van der Waals surface area (Å²) in [7, 11) is 0. The molecule has 0 atom stereocenters. The molecule has 0 aliphatic heterocycles. The third-order valence-corrected chi connectivity index (χ3v) is 4.45. The van der Waals surface area contributed by atoms with Gasteiger partial charge in [-0.15, -0.1) is 0 Å². The lowest BCUT2D eigenvalue weighted by Gasteiger charge is -2.14. The number of hydrogen-bond acceptors (Lipinski definition) is 4. The SMILES string of the molecule is Cc1ccc(C(C)C)c(OC(=O)c2ccc(OCCOc3ccccc3)cc2)c1. The fourth-order valence-corrected chi connectivity index (χ4v) is 2.89. The summed E-state index contributed by atoms with van der Waals surface area (Å²) in [6.07, 6.45) is 0. The van der Waals surface area contributed by atoms with Gasteiger partial charge in [0.2, 0.25) is 0 Å². The number of carbonyl (C=O) groups is 1. The Bertz CT molecular complexity index is 931. The van der Waals surface area contributed by atoms with Crippen LogP contribution in [-0.2, 0) is 0 Å². The van der Waals surface area contributed by atoms with E-state index in [1.54, 1.807) is 24.3 Å². The molecule has 29 heavy (non-hydrogen) atoms. The van der Waals surface area contributed by atoms with Gasteiger partial charge in [0.1, 0.15) is 30.5 Å². The molecule has 0 bridgehead atoms. The maximum atomic E-state index is 12.5. The highest BCUT2D eigenvalue weighted by Gasteiger charge is 2.14. The first-order valence-corrected chi connectivity index (χ1v) is 9.76. The van der Waals surface area contributed by atoms with Crippen LogP contribution in [0.15, 0.2) is 72.8 Å². The van der Waals surface area contributed by atoms with Crippen LogP contribution in [0.3, 0.4) is 0 Å². The van der Waals surface area contributed by atoms with Gasteiger partial charge < -0.3 is 14.2 Å². The van der Waals surface area contributed by atoms with Gasteiger partial charge in [-0.05, 0) is 66.4 Å². The van der Waals surface area contributed by atoms with Crippen molar-refractivity contribution < 1.29 is 19.0 Å². The topological polar surface area (TPSA) is 44.8 Å². The van der Waals surface area contributed by atoms with Crippen LogP contribution < -0.4 is 14.2 Å². The maximum absolute atomic E-state index is 12.5. The molecule has 4 heteroatoms. The highest BCUT2D eigenvalue weighted by Crippen LogP contribution is 2.28. The van der Waals surface area contributed by atoms with Crippen molar-refractivity contribution in [2.24, 2.45) is 0 Å². The minimum atomic E-state index is -0.378. The molecule has 0 fully saturated rings. The Morgan fingerprint density at radius 3 is 2.07 bits per heavy atom. The fourth-order valence-electron chi connectivity index (χ4n) is 2.89. The second kappa shape index (κ2) is 9.78. The number of rotatable bonds is 8. The van der Waals surface area contributed by atoms with E-state index in [0.717, 1.165) is 16.9 Å². The van der Waals surface area contributed by atoms with E-state index in [-0.39, 0.29) is 11.9 Å². The second-order valence-corrected chi connectivity index (χ2v) is 7.12. The number of hydrogen-bond donors (Lipinski definition) is 0. The van der Waals surface area contributed by atoms with E-state index < -0.39 is 0 Å². The summed E-state index contributed by atoms with van der Waals surface area (Å²) >= 11 is 0. The predicted molar refractivity (Wildman–Crippen MR) is 114 cm³/mol. The molecule has 0 radical (unpaired) electrons. The van der Waals surface area contributed by atoms with Gasteiger partial charge in [-0.1, -0.05) is 44.2 Å². The quantitative estimate of drug-likeness (QED) is 0.277. The van der Waals surface area contributed by atoms with Gasteiger partial charge in [-0.2, -0.15) is 0 Å². The van der Waals surface area contributed by atoms with E-state index in [1.807, 2.05) is 55.5 Å². The lowest BCUT2D eigenvalue weighted by atomic mass is 10.0. The van der Waals surface area contributed by atoms with Gasteiger partial charge in [0.25, 0.3) is 0 Å². The molecule has 0 spiro atoms.